The highest BCUT2D eigenvalue weighted by Gasteiger charge is 2.51. The number of ketones is 1. The van der Waals surface area contributed by atoms with Gasteiger partial charge < -0.3 is 28.4 Å². The molecular formula is C95H104N6O13S5. The highest BCUT2D eigenvalue weighted by atomic mass is 32.2. The SMILES string of the molecule is CCOC(=O)C1(Sc2ccnc3ccc(C)cc23)CCC1.CCOC(=O)C1(Sc2ccnc3ccc(C4CC4)cc23)CCC1.CCOC(=O)C1(Sc2ccnc3ccc(CC(=O)C4CC4)cc23)CCC1.CCOC(=O)C1(Sc2ccnc3ccc(CCC#N)cc23)CCC1.CCOC(=O)C1(Sc2ccnc3ccc(COC(C)=O)cc23)CCC1. The van der Waals surface area contributed by atoms with Gasteiger partial charge in [-0.1, -0.05) is 35.9 Å². The first-order valence-electron chi connectivity index (χ1n) is 41.9. The molecule has 10 aromatic rings. The van der Waals surface area contributed by atoms with Gasteiger partial charge in [0.25, 0.3) is 0 Å². The van der Waals surface area contributed by atoms with E-state index in [9.17, 15) is 33.6 Å². The lowest BCUT2D eigenvalue weighted by molar-refractivity contribution is -0.149. The average molecular weight is 1700 g/mol. The third-order valence-electron chi connectivity index (χ3n) is 22.9. The molecule has 0 aliphatic heterocycles. The second kappa shape index (κ2) is 40.0. The van der Waals surface area contributed by atoms with Gasteiger partial charge in [0.1, 0.15) is 36.1 Å². The number of nitrogens with zero attached hydrogens (tertiary/aromatic N) is 6. The van der Waals surface area contributed by atoms with Crippen LogP contribution in [0, 0.1) is 24.2 Å². The molecule has 7 aliphatic rings. The van der Waals surface area contributed by atoms with Crippen LogP contribution in [0.15, 0.2) is 177 Å². The normalized spacial score (nSPS) is 17.0. The van der Waals surface area contributed by atoms with Gasteiger partial charge in [-0.3, -0.25) is 58.5 Å². The number of carbonyl (C=O) groups is 7. The smallest absolute Gasteiger partial charge is 0.322 e. The largest absolute Gasteiger partial charge is 0.465 e. The monoisotopic (exact) mass is 1700 g/mol. The van der Waals surface area contributed by atoms with E-state index in [0.717, 1.165) is 212 Å². The molecule has 7 fully saturated rings. The second-order valence-electron chi connectivity index (χ2n) is 31.4. The molecule has 17 rings (SSSR count). The van der Waals surface area contributed by atoms with Gasteiger partial charge >= 0.3 is 35.8 Å². The molecule has 24 heteroatoms. The third-order valence-corrected chi connectivity index (χ3v) is 30.6. The predicted octanol–water partition coefficient (Wildman–Crippen LogP) is 21.3. The molecule has 0 amide bonds. The minimum atomic E-state index is -0.490. The van der Waals surface area contributed by atoms with Crippen molar-refractivity contribution in [3.63, 3.8) is 0 Å². The molecule has 5 heterocycles. The Morgan fingerprint density at radius 2 is 0.697 bits per heavy atom. The molecule has 0 saturated heterocycles. The van der Waals surface area contributed by atoms with Crippen molar-refractivity contribution in [1.29, 1.82) is 5.26 Å². The molecule has 119 heavy (non-hydrogen) atoms. The Hall–Kier alpha value is -9.12. The fraction of sp³-hybridized carbons (Fsp3) is 0.442. The molecular weight excluding hydrogens is 1590 g/mol. The number of nitriles is 1. The topological polar surface area (TPSA) is 263 Å². The summed E-state index contributed by atoms with van der Waals surface area (Å²) in [6.07, 6.45) is 29.4. The zero-order chi connectivity index (χ0) is 83.7. The maximum atomic E-state index is 12.5. The zero-order valence-corrected chi connectivity index (χ0v) is 73.0. The third kappa shape index (κ3) is 21.1. The highest BCUT2D eigenvalue weighted by molar-refractivity contribution is 8.02. The summed E-state index contributed by atoms with van der Waals surface area (Å²) in [5.41, 5.74) is 10.3. The molecule has 5 aromatic carbocycles. The first-order valence-corrected chi connectivity index (χ1v) is 46.0. The van der Waals surface area contributed by atoms with E-state index in [4.69, 9.17) is 33.7 Å². The van der Waals surface area contributed by atoms with E-state index in [-0.39, 0.29) is 53.1 Å². The van der Waals surface area contributed by atoms with Crippen molar-refractivity contribution in [2.75, 3.05) is 33.0 Å². The Balaban J connectivity index is 0.000000129. The molecule has 0 spiro atoms. The van der Waals surface area contributed by atoms with Crippen molar-refractivity contribution in [2.45, 2.75) is 250 Å². The first kappa shape index (κ1) is 87.7. The van der Waals surface area contributed by atoms with Gasteiger partial charge in [-0.2, -0.15) is 5.26 Å². The van der Waals surface area contributed by atoms with Crippen molar-refractivity contribution < 1.29 is 62.0 Å². The summed E-state index contributed by atoms with van der Waals surface area (Å²) in [7, 11) is 0. The van der Waals surface area contributed by atoms with Crippen LogP contribution in [0.4, 0.5) is 0 Å². The van der Waals surface area contributed by atoms with Crippen LogP contribution < -0.4 is 0 Å². The van der Waals surface area contributed by atoms with Crippen LogP contribution in [0.25, 0.3) is 54.5 Å². The molecule has 0 unspecified atom stereocenters. The molecule has 622 valence electrons. The Kier molecular flexibility index (Phi) is 29.5. The molecule has 7 saturated carbocycles. The number of carbonyl (C=O) groups excluding carboxylic acids is 7. The fourth-order valence-corrected chi connectivity index (χ4v) is 22.4. The number of thioether (sulfide) groups is 5. The number of aryl methyl sites for hydroxylation is 2. The summed E-state index contributed by atoms with van der Waals surface area (Å²) >= 11 is 8.11. The van der Waals surface area contributed by atoms with Crippen LogP contribution in [-0.2, 0) is 81.4 Å². The number of fused-ring (bicyclic) bond motifs is 5. The molecule has 0 radical (unpaired) electrons. The number of ether oxygens (including phenoxy) is 6. The minimum absolute atomic E-state index is 0.0560. The van der Waals surface area contributed by atoms with E-state index in [1.54, 1.807) is 77.4 Å². The van der Waals surface area contributed by atoms with Crippen LogP contribution in [0.3, 0.4) is 0 Å². The number of pyridine rings is 5. The van der Waals surface area contributed by atoms with E-state index in [1.807, 2.05) is 126 Å². The number of benzene rings is 5. The average Bonchev–Trinajstić information content (AvgIpc) is 1.63. The lowest BCUT2D eigenvalue weighted by Gasteiger charge is -2.38. The summed E-state index contributed by atoms with van der Waals surface area (Å²) < 4.78 is 29.4. The standard InChI is InChI=1S/C21H23NO3S.C19H20N2O2S.C19H21NO4S.C19H21NO2S.C17H19NO2S/c1-2-25-20(24)21(9-3-10-21)26-19-8-11-22-17-7-4-14(12-16(17)19)13-18(23)15-5-6-15;1-2-23-18(22)19(9-4-10-19)24-17-8-12-21-16-7-6-14(5-3-11-20)13-15(16)17;1-3-23-18(22)19(8-4-9-19)25-17-7-10-20-16-6-5-14(11-15(16)17)12-24-13(2)21;1-2-22-18(21)19(9-3-10-19)23-17-8-11-20-16-7-6-14(12-15(16)17)13-4-5-13;1-3-20-16(19)17(8-4-9-17)21-15-7-10-18-14-6-5-12(2)11-13(14)15/h4,7-8,11-12,15H,2-3,5-6,9-10,13H2,1H3;6-8,12-13H,2-5,9-10H2,1H3;5-7,10-11H,3-4,8-9,12H2,1-2H3;6-8,11-13H,2-5,9-10H2,1H3;5-7,10-11H,3-4,8-9H2,1-2H3. The van der Waals surface area contributed by atoms with Gasteiger partial charge in [-0.15, -0.1) is 58.8 Å². The van der Waals surface area contributed by atoms with Crippen molar-refractivity contribution in [3.8, 4) is 6.07 Å². The molecule has 0 atom stereocenters. The van der Waals surface area contributed by atoms with Crippen molar-refractivity contribution in [1.82, 2.24) is 24.9 Å². The Morgan fingerprint density at radius 1 is 0.387 bits per heavy atom. The van der Waals surface area contributed by atoms with E-state index < -0.39 is 19.0 Å². The zero-order valence-electron chi connectivity index (χ0n) is 68.9. The summed E-state index contributed by atoms with van der Waals surface area (Å²) in [4.78, 5) is 113. The molecule has 0 N–H and O–H groups in total. The Morgan fingerprint density at radius 3 is 1.02 bits per heavy atom. The number of rotatable bonds is 28. The van der Waals surface area contributed by atoms with Gasteiger partial charge in [0.05, 0.1) is 66.7 Å². The number of aromatic nitrogens is 5. The fourth-order valence-electron chi connectivity index (χ4n) is 15.1. The molecule has 7 aliphatic carbocycles. The first-order chi connectivity index (χ1) is 57.7. The maximum Gasteiger partial charge on any atom is 0.322 e. The van der Waals surface area contributed by atoms with Crippen LogP contribution in [0.1, 0.15) is 204 Å². The Bertz CT molecular complexity index is 5420. The molecule has 0 bridgehead atoms. The maximum absolute atomic E-state index is 12.5. The summed E-state index contributed by atoms with van der Waals surface area (Å²) in [5, 5.41) is 14.1. The van der Waals surface area contributed by atoms with E-state index in [0.29, 0.717) is 51.7 Å². The number of hydrogen-bond donors (Lipinski definition) is 0. The van der Waals surface area contributed by atoms with Gasteiger partial charge in [0.2, 0.25) is 0 Å². The number of Topliss-reactive ketones (excluding diaryl/α,β-unsaturated/α-hetero) is 1. The van der Waals surface area contributed by atoms with E-state index in [2.05, 4.69) is 80.4 Å². The number of esters is 6. The molecule has 19 nitrogen and oxygen atoms in total. The highest BCUT2D eigenvalue weighted by Crippen LogP contribution is 2.55. The quantitative estimate of drug-likeness (QED) is 0.0326. The lowest BCUT2D eigenvalue weighted by atomic mass is 9.84. The second-order valence-corrected chi connectivity index (χ2v) is 38.5. The van der Waals surface area contributed by atoms with Crippen molar-refractivity contribution in [2.24, 2.45) is 5.92 Å². The lowest BCUT2D eigenvalue weighted by Crippen LogP contribution is -2.43. The van der Waals surface area contributed by atoms with Gasteiger partial charge in [-0.25, -0.2) is 0 Å². The Labute approximate surface area is 717 Å². The van der Waals surface area contributed by atoms with Crippen LogP contribution in [0.5, 0.6) is 0 Å². The van der Waals surface area contributed by atoms with Crippen LogP contribution in [-0.4, -0.2) is 123 Å². The van der Waals surface area contributed by atoms with Gasteiger partial charge in [-0.05, 0) is 289 Å². The van der Waals surface area contributed by atoms with Crippen molar-refractivity contribution in [3.05, 3.63) is 180 Å². The van der Waals surface area contributed by atoms with Crippen LogP contribution >= 0.6 is 58.8 Å². The number of hydrogen-bond acceptors (Lipinski definition) is 24. The molecule has 5 aromatic heterocycles. The van der Waals surface area contributed by atoms with Gasteiger partial charge in [0.15, 0.2) is 0 Å². The van der Waals surface area contributed by atoms with E-state index >= 15 is 0 Å². The van der Waals surface area contributed by atoms with Crippen LogP contribution in [0.2, 0.25) is 0 Å². The van der Waals surface area contributed by atoms with E-state index in [1.165, 1.54) is 36.3 Å². The minimum Gasteiger partial charge on any atom is -0.465 e. The summed E-state index contributed by atoms with van der Waals surface area (Å²) in [6, 6.07) is 42.9. The summed E-state index contributed by atoms with van der Waals surface area (Å²) in [6.45, 7) is 15.1. The predicted molar refractivity (Wildman–Crippen MR) is 472 cm³/mol. The van der Waals surface area contributed by atoms with Crippen molar-refractivity contribution >= 4 is 155 Å². The van der Waals surface area contributed by atoms with Gasteiger partial charge in [0, 0.05) is 108 Å². The summed E-state index contributed by atoms with van der Waals surface area (Å²) in [5.74, 6) is 0.551.